The predicted octanol–water partition coefficient (Wildman–Crippen LogP) is 1.64. The van der Waals surface area contributed by atoms with Crippen molar-refractivity contribution in [3.8, 4) is 0 Å². The highest BCUT2D eigenvalue weighted by molar-refractivity contribution is 7.89. The Labute approximate surface area is 144 Å². The molecule has 3 rings (SSSR count). The molecule has 2 aromatic carbocycles. The van der Waals surface area contributed by atoms with Crippen LogP contribution in [0.4, 0.5) is 0 Å². The van der Waals surface area contributed by atoms with Gasteiger partial charge < -0.3 is 10.2 Å². The standard InChI is InChI=1S/C17H17NO6S/c19-16(20)13-7-14(17(21)22)10-18(9-13)25(23,24)15-6-5-11-3-1-2-4-12(11)8-15/h1-6,8,13-14H,7,9-10H2,(H,19,20)(H,21,22). The van der Waals surface area contributed by atoms with Crippen LogP contribution in [0.3, 0.4) is 0 Å². The molecule has 132 valence electrons. The first kappa shape index (κ1) is 17.4. The Bertz CT molecular complexity index is 917. The van der Waals surface area contributed by atoms with Crippen LogP contribution in [0.2, 0.25) is 0 Å². The van der Waals surface area contributed by atoms with Gasteiger partial charge in [-0.15, -0.1) is 0 Å². The lowest BCUT2D eigenvalue weighted by Crippen LogP contribution is -2.48. The largest absolute Gasteiger partial charge is 0.481 e. The summed E-state index contributed by atoms with van der Waals surface area (Å²) in [5, 5.41) is 20.1. The van der Waals surface area contributed by atoms with Crippen molar-refractivity contribution in [1.82, 2.24) is 4.31 Å². The first-order valence-electron chi connectivity index (χ1n) is 7.73. The van der Waals surface area contributed by atoms with Crippen molar-refractivity contribution in [1.29, 1.82) is 0 Å². The van der Waals surface area contributed by atoms with Crippen LogP contribution in [0.1, 0.15) is 6.42 Å². The number of piperidine rings is 1. The average Bonchev–Trinajstić information content (AvgIpc) is 2.60. The maximum Gasteiger partial charge on any atom is 0.307 e. The Hall–Kier alpha value is -2.45. The van der Waals surface area contributed by atoms with Crippen molar-refractivity contribution < 1.29 is 28.2 Å². The summed E-state index contributed by atoms with van der Waals surface area (Å²) in [6, 6.07) is 11.9. The fourth-order valence-corrected chi connectivity index (χ4v) is 4.66. The van der Waals surface area contributed by atoms with E-state index < -0.39 is 33.8 Å². The monoisotopic (exact) mass is 363 g/mol. The molecular weight excluding hydrogens is 346 g/mol. The van der Waals surface area contributed by atoms with Gasteiger partial charge in [-0.1, -0.05) is 30.3 Å². The summed E-state index contributed by atoms with van der Waals surface area (Å²) in [5.41, 5.74) is 0. The van der Waals surface area contributed by atoms with Crippen LogP contribution < -0.4 is 0 Å². The van der Waals surface area contributed by atoms with Crippen molar-refractivity contribution in [2.75, 3.05) is 13.1 Å². The lowest BCUT2D eigenvalue weighted by molar-refractivity contribution is -0.148. The Balaban J connectivity index is 1.98. The van der Waals surface area contributed by atoms with E-state index in [9.17, 15) is 28.2 Å². The Morgan fingerprint density at radius 1 is 0.920 bits per heavy atom. The lowest BCUT2D eigenvalue weighted by atomic mass is 9.91. The molecule has 0 radical (unpaired) electrons. The Morgan fingerprint density at radius 3 is 2.04 bits per heavy atom. The van der Waals surface area contributed by atoms with Gasteiger partial charge in [0.05, 0.1) is 16.7 Å². The summed E-state index contributed by atoms with van der Waals surface area (Å²) in [6.07, 6.45) is -0.0750. The molecule has 0 aliphatic carbocycles. The SMILES string of the molecule is O=C(O)C1CC(C(=O)O)CN(S(=O)(=O)c2ccc3ccccc3c2)C1. The third-order valence-corrected chi connectivity index (χ3v) is 6.30. The van der Waals surface area contributed by atoms with Gasteiger partial charge in [-0.3, -0.25) is 9.59 Å². The quantitative estimate of drug-likeness (QED) is 0.854. The Morgan fingerprint density at radius 2 is 1.48 bits per heavy atom. The highest BCUT2D eigenvalue weighted by atomic mass is 32.2. The van der Waals surface area contributed by atoms with E-state index in [0.29, 0.717) is 0 Å². The maximum atomic E-state index is 12.9. The first-order chi connectivity index (χ1) is 11.8. The van der Waals surface area contributed by atoms with E-state index in [1.807, 2.05) is 12.1 Å². The molecule has 7 nitrogen and oxygen atoms in total. The van der Waals surface area contributed by atoms with Gasteiger partial charge in [0.2, 0.25) is 10.0 Å². The topological polar surface area (TPSA) is 112 Å². The molecule has 2 atom stereocenters. The smallest absolute Gasteiger partial charge is 0.307 e. The van der Waals surface area contributed by atoms with Gasteiger partial charge in [0, 0.05) is 13.1 Å². The highest BCUT2D eigenvalue weighted by Gasteiger charge is 2.40. The molecule has 0 spiro atoms. The second-order valence-electron chi connectivity index (χ2n) is 6.14. The van der Waals surface area contributed by atoms with E-state index in [2.05, 4.69) is 0 Å². The molecule has 2 unspecified atom stereocenters. The molecule has 2 N–H and O–H groups in total. The van der Waals surface area contributed by atoms with Crippen molar-refractivity contribution in [3.05, 3.63) is 42.5 Å². The summed E-state index contributed by atoms with van der Waals surface area (Å²) >= 11 is 0. The van der Waals surface area contributed by atoms with E-state index in [-0.39, 0.29) is 24.4 Å². The van der Waals surface area contributed by atoms with Crippen LogP contribution in [-0.4, -0.2) is 48.0 Å². The van der Waals surface area contributed by atoms with Crippen LogP contribution in [-0.2, 0) is 19.6 Å². The molecular formula is C17H17NO6S. The van der Waals surface area contributed by atoms with Crippen LogP contribution in [0.5, 0.6) is 0 Å². The summed E-state index contributed by atoms with van der Waals surface area (Å²) in [4.78, 5) is 22.6. The van der Waals surface area contributed by atoms with Crippen LogP contribution in [0.15, 0.2) is 47.4 Å². The zero-order valence-electron chi connectivity index (χ0n) is 13.2. The summed E-state index contributed by atoms with van der Waals surface area (Å²) < 4.78 is 26.8. The third kappa shape index (κ3) is 3.35. The molecule has 25 heavy (non-hydrogen) atoms. The zero-order valence-corrected chi connectivity index (χ0v) is 14.0. The number of fused-ring (bicyclic) bond motifs is 1. The molecule has 1 aliphatic rings. The fourth-order valence-electron chi connectivity index (χ4n) is 3.09. The van der Waals surface area contributed by atoms with E-state index >= 15 is 0 Å². The van der Waals surface area contributed by atoms with Gasteiger partial charge >= 0.3 is 11.9 Å². The van der Waals surface area contributed by atoms with Gasteiger partial charge in [0.1, 0.15) is 0 Å². The number of carboxylic acids is 2. The molecule has 0 saturated carbocycles. The molecule has 1 saturated heterocycles. The number of sulfonamides is 1. The van der Waals surface area contributed by atoms with E-state index in [4.69, 9.17) is 0 Å². The zero-order chi connectivity index (χ0) is 18.2. The normalized spacial score (nSPS) is 21.9. The molecule has 0 bridgehead atoms. The van der Waals surface area contributed by atoms with Gasteiger partial charge in [-0.2, -0.15) is 4.31 Å². The number of rotatable bonds is 4. The number of carbonyl (C=O) groups is 2. The molecule has 2 aromatic rings. The summed E-state index contributed by atoms with van der Waals surface area (Å²) in [6.45, 7) is -0.456. The van der Waals surface area contributed by atoms with Crippen LogP contribution >= 0.6 is 0 Å². The van der Waals surface area contributed by atoms with Gasteiger partial charge in [-0.05, 0) is 29.3 Å². The number of carboxylic acid groups (broad SMARTS) is 2. The number of hydrogen-bond acceptors (Lipinski definition) is 4. The van der Waals surface area contributed by atoms with Gasteiger partial charge in [0.25, 0.3) is 0 Å². The molecule has 1 aliphatic heterocycles. The lowest BCUT2D eigenvalue weighted by Gasteiger charge is -2.33. The molecule has 0 aromatic heterocycles. The highest BCUT2D eigenvalue weighted by Crippen LogP contribution is 2.29. The molecule has 1 fully saturated rings. The maximum absolute atomic E-state index is 12.9. The van der Waals surface area contributed by atoms with Crippen molar-refractivity contribution in [2.45, 2.75) is 11.3 Å². The van der Waals surface area contributed by atoms with E-state index in [0.717, 1.165) is 15.1 Å². The second kappa shape index (κ2) is 6.45. The second-order valence-corrected chi connectivity index (χ2v) is 8.07. The van der Waals surface area contributed by atoms with Crippen LogP contribution in [0, 0.1) is 11.8 Å². The number of hydrogen-bond donors (Lipinski definition) is 2. The van der Waals surface area contributed by atoms with E-state index in [1.54, 1.807) is 18.2 Å². The van der Waals surface area contributed by atoms with Crippen molar-refractivity contribution in [2.24, 2.45) is 11.8 Å². The van der Waals surface area contributed by atoms with Crippen molar-refractivity contribution in [3.63, 3.8) is 0 Å². The predicted molar refractivity (Wildman–Crippen MR) is 89.6 cm³/mol. The number of aliphatic carboxylic acids is 2. The third-order valence-electron chi connectivity index (χ3n) is 4.47. The molecule has 8 heteroatoms. The van der Waals surface area contributed by atoms with Gasteiger partial charge in [0.15, 0.2) is 0 Å². The summed E-state index contributed by atoms with van der Waals surface area (Å²) in [7, 11) is -3.98. The van der Waals surface area contributed by atoms with Gasteiger partial charge in [-0.25, -0.2) is 8.42 Å². The first-order valence-corrected chi connectivity index (χ1v) is 9.17. The number of benzene rings is 2. The van der Waals surface area contributed by atoms with Crippen LogP contribution in [0.25, 0.3) is 10.8 Å². The number of nitrogens with zero attached hydrogens (tertiary/aromatic N) is 1. The fraction of sp³-hybridized carbons (Fsp3) is 0.294. The molecule has 0 amide bonds. The molecule has 1 heterocycles. The average molecular weight is 363 g/mol. The Kier molecular flexibility index (Phi) is 4.49. The van der Waals surface area contributed by atoms with Crippen molar-refractivity contribution >= 4 is 32.7 Å². The minimum Gasteiger partial charge on any atom is -0.481 e. The van der Waals surface area contributed by atoms with E-state index in [1.165, 1.54) is 12.1 Å². The minimum atomic E-state index is -3.98. The minimum absolute atomic E-state index is 0.0291. The summed E-state index contributed by atoms with van der Waals surface area (Å²) in [5.74, 6) is -4.45.